The van der Waals surface area contributed by atoms with Gasteiger partial charge in [-0.1, -0.05) is 13.8 Å². The van der Waals surface area contributed by atoms with Crippen LogP contribution in [0, 0.1) is 23.2 Å². The topological polar surface area (TPSA) is 20.2 Å². The van der Waals surface area contributed by atoms with E-state index in [1.807, 2.05) is 0 Å². The predicted molar refractivity (Wildman–Crippen MR) is 56.9 cm³/mol. The Morgan fingerprint density at radius 2 is 1.64 bits per heavy atom. The van der Waals surface area contributed by atoms with Crippen molar-refractivity contribution in [1.82, 2.24) is 0 Å². The van der Waals surface area contributed by atoms with Crippen LogP contribution in [-0.4, -0.2) is 10.7 Å². The molecule has 0 saturated heterocycles. The minimum Gasteiger partial charge on any atom is -0.390 e. The van der Waals surface area contributed by atoms with Gasteiger partial charge < -0.3 is 5.11 Å². The van der Waals surface area contributed by atoms with Crippen molar-refractivity contribution in [3.05, 3.63) is 0 Å². The third-order valence-corrected chi connectivity index (χ3v) is 5.30. The van der Waals surface area contributed by atoms with Gasteiger partial charge in [-0.25, -0.2) is 0 Å². The van der Waals surface area contributed by atoms with Gasteiger partial charge in [-0.2, -0.15) is 0 Å². The molecule has 0 aromatic carbocycles. The quantitative estimate of drug-likeness (QED) is 0.680. The monoisotopic (exact) mass is 194 g/mol. The maximum absolute atomic E-state index is 10.5. The fourth-order valence-corrected chi connectivity index (χ4v) is 4.96. The molecule has 4 rings (SSSR count). The second-order valence-electron chi connectivity index (χ2n) is 6.70. The molecular weight excluding hydrogens is 172 g/mol. The number of rotatable bonds is 1. The van der Waals surface area contributed by atoms with Gasteiger partial charge in [-0.15, -0.1) is 0 Å². The molecule has 0 heterocycles. The zero-order valence-electron chi connectivity index (χ0n) is 9.42. The van der Waals surface area contributed by atoms with Crippen molar-refractivity contribution in [3.63, 3.8) is 0 Å². The fraction of sp³-hybridized carbons (Fsp3) is 1.00. The van der Waals surface area contributed by atoms with Gasteiger partial charge in [0.1, 0.15) is 0 Å². The second-order valence-corrected chi connectivity index (χ2v) is 6.70. The summed E-state index contributed by atoms with van der Waals surface area (Å²) in [6.45, 7) is 4.72. The van der Waals surface area contributed by atoms with E-state index in [9.17, 15) is 5.11 Å². The molecule has 2 unspecified atom stereocenters. The van der Waals surface area contributed by atoms with Crippen molar-refractivity contribution in [3.8, 4) is 0 Å². The van der Waals surface area contributed by atoms with E-state index in [0.29, 0.717) is 5.41 Å². The zero-order chi connectivity index (χ0) is 9.97. The predicted octanol–water partition coefficient (Wildman–Crippen LogP) is 2.97. The lowest BCUT2D eigenvalue weighted by Gasteiger charge is -2.62. The summed E-state index contributed by atoms with van der Waals surface area (Å²) >= 11 is 0. The van der Waals surface area contributed by atoms with Crippen LogP contribution in [-0.2, 0) is 0 Å². The average Bonchev–Trinajstić information content (AvgIpc) is 1.98. The molecule has 2 atom stereocenters. The highest BCUT2D eigenvalue weighted by molar-refractivity contribution is 5.08. The molecule has 0 aromatic heterocycles. The Bertz CT molecular complexity index is 242. The van der Waals surface area contributed by atoms with Crippen LogP contribution in [0.2, 0.25) is 0 Å². The summed E-state index contributed by atoms with van der Waals surface area (Å²) in [6, 6.07) is 0. The lowest BCUT2D eigenvalue weighted by molar-refractivity contribution is -0.177. The fourth-order valence-electron chi connectivity index (χ4n) is 4.96. The first-order valence-corrected chi connectivity index (χ1v) is 6.24. The van der Waals surface area contributed by atoms with Crippen LogP contribution in [0.25, 0.3) is 0 Å². The lowest BCUT2D eigenvalue weighted by atomic mass is 9.45. The highest BCUT2D eigenvalue weighted by atomic mass is 16.3. The summed E-state index contributed by atoms with van der Waals surface area (Å²) in [5.41, 5.74) is 0.257. The van der Waals surface area contributed by atoms with Crippen molar-refractivity contribution in [1.29, 1.82) is 0 Å². The number of hydrogen-bond donors (Lipinski definition) is 1. The van der Waals surface area contributed by atoms with Gasteiger partial charge in [-0.3, -0.25) is 0 Å². The normalized spacial score (nSPS) is 55.7. The van der Waals surface area contributed by atoms with Gasteiger partial charge in [0.15, 0.2) is 0 Å². The molecule has 4 aliphatic rings. The molecule has 1 nitrogen and oxygen atoms in total. The van der Waals surface area contributed by atoms with Crippen molar-refractivity contribution in [2.24, 2.45) is 23.2 Å². The molecule has 0 spiro atoms. The van der Waals surface area contributed by atoms with Crippen molar-refractivity contribution in [2.75, 3.05) is 0 Å². The van der Waals surface area contributed by atoms with E-state index < -0.39 is 0 Å². The molecule has 0 amide bonds. The van der Waals surface area contributed by atoms with E-state index in [4.69, 9.17) is 0 Å². The van der Waals surface area contributed by atoms with Crippen molar-refractivity contribution < 1.29 is 5.11 Å². The van der Waals surface area contributed by atoms with Crippen LogP contribution < -0.4 is 0 Å². The van der Waals surface area contributed by atoms with E-state index in [1.54, 1.807) is 0 Å². The van der Waals surface area contributed by atoms with Crippen LogP contribution in [0.4, 0.5) is 0 Å². The SMILES string of the molecule is CC(C)C12CC3CC(CC(O)(C3)C1)C2. The van der Waals surface area contributed by atoms with E-state index in [2.05, 4.69) is 13.8 Å². The molecule has 80 valence electrons. The number of aliphatic hydroxyl groups is 1. The summed E-state index contributed by atoms with van der Waals surface area (Å²) in [5, 5.41) is 10.5. The Morgan fingerprint density at radius 1 is 1.07 bits per heavy atom. The van der Waals surface area contributed by atoms with Crippen LogP contribution in [0.1, 0.15) is 52.4 Å². The minimum atomic E-state index is -0.256. The van der Waals surface area contributed by atoms with Crippen LogP contribution in [0.3, 0.4) is 0 Å². The maximum Gasteiger partial charge on any atom is 0.0658 e. The molecule has 4 saturated carbocycles. The summed E-state index contributed by atoms with van der Waals surface area (Å²) in [6.07, 6.45) is 7.55. The van der Waals surface area contributed by atoms with Crippen LogP contribution in [0.5, 0.6) is 0 Å². The summed E-state index contributed by atoms with van der Waals surface area (Å²) < 4.78 is 0. The third-order valence-electron chi connectivity index (χ3n) is 5.30. The smallest absolute Gasteiger partial charge is 0.0658 e. The first-order valence-electron chi connectivity index (χ1n) is 6.24. The molecule has 1 N–H and O–H groups in total. The van der Waals surface area contributed by atoms with E-state index >= 15 is 0 Å². The van der Waals surface area contributed by atoms with E-state index in [0.717, 1.165) is 37.0 Å². The van der Waals surface area contributed by atoms with Gasteiger partial charge >= 0.3 is 0 Å². The third kappa shape index (κ3) is 1.11. The molecule has 0 radical (unpaired) electrons. The number of hydrogen-bond acceptors (Lipinski definition) is 1. The van der Waals surface area contributed by atoms with Crippen molar-refractivity contribution in [2.45, 2.75) is 58.0 Å². The second kappa shape index (κ2) is 2.55. The molecule has 0 aromatic rings. The van der Waals surface area contributed by atoms with Gasteiger partial charge in [0, 0.05) is 0 Å². The van der Waals surface area contributed by atoms with Crippen molar-refractivity contribution >= 4 is 0 Å². The minimum absolute atomic E-state index is 0.256. The average molecular weight is 194 g/mol. The summed E-state index contributed by atoms with van der Waals surface area (Å²) in [5.74, 6) is 2.47. The zero-order valence-corrected chi connectivity index (χ0v) is 9.42. The highest BCUT2D eigenvalue weighted by Crippen LogP contribution is 2.63. The highest BCUT2D eigenvalue weighted by Gasteiger charge is 2.57. The molecule has 0 aliphatic heterocycles. The Labute approximate surface area is 86.9 Å². The first kappa shape index (κ1) is 9.21. The lowest BCUT2D eigenvalue weighted by Crippen LogP contribution is -2.57. The summed E-state index contributed by atoms with van der Waals surface area (Å²) in [7, 11) is 0. The van der Waals surface area contributed by atoms with Gasteiger partial charge in [0.25, 0.3) is 0 Å². The van der Waals surface area contributed by atoms with Gasteiger partial charge in [0.05, 0.1) is 5.60 Å². The molecule has 4 aliphatic carbocycles. The molecular formula is C13H22O. The molecule has 4 bridgehead atoms. The van der Waals surface area contributed by atoms with Crippen LogP contribution in [0.15, 0.2) is 0 Å². The molecule has 14 heavy (non-hydrogen) atoms. The summed E-state index contributed by atoms with van der Waals surface area (Å²) in [4.78, 5) is 0. The Balaban J connectivity index is 1.96. The standard InChI is InChI=1S/C13H22O/c1-9(2)12-4-10-3-11(5-12)7-13(14,6-10)8-12/h9-11,14H,3-8H2,1-2H3. The Morgan fingerprint density at radius 3 is 2.07 bits per heavy atom. The largest absolute Gasteiger partial charge is 0.390 e. The Hall–Kier alpha value is -0.0400. The van der Waals surface area contributed by atoms with Gasteiger partial charge in [0.2, 0.25) is 0 Å². The Kier molecular flexibility index (Phi) is 1.68. The molecule has 4 fully saturated rings. The van der Waals surface area contributed by atoms with Gasteiger partial charge in [-0.05, 0) is 61.7 Å². The first-order chi connectivity index (χ1) is 6.51. The van der Waals surface area contributed by atoms with E-state index in [-0.39, 0.29) is 5.60 Å². The maximum atomic E-state index is 10.5. The van der Waals surface area contributed by atoms with Crippen LogP contribution >= 0.6 is 0 Å². The van der Waals surface area contributed by atoms with E-state index in [1.165, 1.54) is 19.3 Å². The molecule has 1 heteroatoms.